The van der Waals surface area contributed by atoms with E-state index in [0.717, 1.165) is 0 Å². The minimum Gasteiger partial charge on any atom is -0.480 e. The van der Waals surface area contributed by atoms with Crippen LogP contribution in [0.1, 0.15) is 34.6 Å². The summed E-state index contributed by atoms with van der Waals surface area (Å²) in [7, 11) is 0. The Hall–Kier alpha value is -0.530. The van der Waals surface area contributed by atoms with Crippen LogP contribution in [0, 0.1) is 0 Å². The van der Waals surface area contributed by atoms with Gasteiger partial charge in [-0.1, -0.05) is 22.6 Å². The Balaban J connectivity index is 4.56. The third-order valence-corrected chi connectivity index (χ3v) is 2.22. The maximum atomic E-state index is 11.4. The van der Waals surface area contributed by atoms with Gasteiger partial charge in [-0.2, -0.15) is 0 Å². The summed E-state index contributed by atoms with van der Waals surface area (Å²) in [5.41, 5.74) is -0.636. The van der Waals surface area contributed by atoms with E-state index in [0.29, 0.717) is 0 Å². The lowest BCUT2D eigenvalue weighted by molar-refractivity contribution is -0.140. The van der Waals surface area contributed by atoms with Crippen molar-refractivity contribution in [1.29, 1.82) is 0 Å². The van der Waals surface area contributed by atoms with Gasteiger partial charge in [0.05, 0.1) is 0 Å². The molecule has 0 spiro atoms. The fourth-order valence-corrected chi connectivity index (χ4v) is 1.37. The van der Waals surface area contributed by atoms with Crippen molar-refractivity contribution >= 4 is 34.7 Å². The molecule has 0 aliphatic heterocycles. The molecular weight excluding hydrogens is 325 g/mol. The highest BCUT2D eigenvalue weighted by atomic mass is 127. The van der Waals surface area contributed by atoms with E-state index >= 15 is 0 Å². The van der Waals surface area contributed by atoms with Crippen LogP contribution in [0.15, 0.2) is 0 Å². The van der Waals surface area contributed by atoms with E-state index in [1.54, 1.807) is 34.6 Å². The number of ether oxygens (including phenoxy) is 1. The number of carbonyl (C=O) groups excluding carboxylic acids is 1. The molecule has 0 saturated heterocycles. The Labute approximate surface area is 109 Å². The van der Waals surface area contributed by atoms with Crippen molar-refractivity contribution in [3.63, 3.8) is 0 Å². The van der Waals surface area contributed by atoms with Crippen molar-refractivity contribution < 1.29 is 19.4 Å². The predicted molar refractivity (Wildman–Crippen MR) is 68.9 cm³/mol. The molecule has 2 N–H and O–H groups in total. The lowest BCUT2D eigenvalue weighted by Crippen LogP contribution is -2.52. The summed E-state index contributed by atoms with van der Waals surface area (Å²) in [5, 5.41) is 11.3. The zero-order valence-electron chi connectivity index (χ0n) is 10.1. The smallest absolute Gasteiger partial charge is 0.408 e. The van der Waals surface area contributed by atoms with E-state index in [-0.39, 0.29) is 0 Å². The monoisotopic (exact) mass is 343 g/mol. The number of amides is 1. The molecule has 1 atom stereocenters. The highest BCUT2D eigenvalue weighted by molar-refractivity contribution is 14.1. The zero-order valence-corrected chi connectivity index (χ0v) is 12.3. The summed E-state index contributed by atoms with van der Waals surface area (Å²) < 4.78 is 4.40. The van der Waals surface area contributed by atoms with Crippen molar-refractivity contribution in [3.05, 3.63) is 0 Å². The first-order valence-electron chi connectivity index (χ1n) is 4.85. The van der Waals surface area contributed by atoms with Gasteiger partial charge in [0.2, 0.25) is 0 Å². The summed E-state index contributed by atoms with van der Waals surface area (Å²) in [4.78, 5) is 22.4. The van der Waals surface area contributed by atoms with Crippen LogP contribution in [-0.4, -0.2) is 32.2 Å². The highest BCUT2D eigenvalue weighted by Crippen LogP contribution is 2.22. The third-order valence-electron chi connectivity index (χ3n) is 1.59. The van der Waals surface area contributed by atoms with E-state index < -0.39 is 27.1 Å². The fourth-order valence-electron chi connectivity index (χ4n) is 0.952. The molecule has 1 amide bonds. The van der Waals surface area contributed by atoms with Crippen LogP contribution in [0.25, 0.3) is 0 Å². The second-order valence-electron chi connectivity index (χ2n) is 4.98. The molecule has 0 saturated carbocycles. The van der Waals surface area contributed by atoms with Crippen LogP contribution in [0.5, 0.6) is 0 Å². The molecule has 6 heteroatoms. The van der Waals surface area contributed by atoms with Crippen LogP contribution in [0.2, 0.25) is 0 Å². The van der Waals surface area contributed by atoms with Gasteiger partial charge in [0, 0.05) is 3.42 Å². The van der Waals surface area contributed by atoms with Gasteiger partial charge in [0.1, 0.15) is 11.6 Å². The molecule has 0 aromatic carbocycles. The van der Waals surface area contributed by atoms with Crippen molar-refractivity contribution in [2.45, 2.75) is 49.7 Å². The summed E-state index contributed by atoms with van der Waals surface area (Å²) in [6, 6.07) is -0.983. The minimum absolute atomic E-state index is 0.597. The molecule has 0 aromatic rings. The minimum atomic E-state index is -1.08. The molecular formula is C10H18INO4. The van der Waals surface area contributed by atoms with Gasteiger partial charge < -0.3 is 15.2 Å². The Bertz CT molecular complexity index is 278. The standard InChI is InChI=1S/C10H18INO4/c1-9(2,3)16-8(15)12-6(7(13)14)10(4,5)11/h6H,1-5H3,(H,12,15)(H,13,14)/t6-/m1/s1. The number of nitrogens with one attached hydrogen (secondary N) is 1. The molecule has 16 heavy (non-hydrogen) atoms. The number of carbonyl (C=O) groups is 2. The van der Waals surface area contributed by atoms with Crippen LogP contribution < -0.4 is 5.32 Å². The first-order valence-corrected chi connectivity index (χ1v) is 5.92. The molecule has 0 aromatic heterocycles. The summed E-state index contributed by atoms with van der Waals surface area (Å²) in [6.07, 6.45) is -0.718. The van der Waals surface area contributed by atoms with E-state index in [9.17, 15) is 9.59 Å². The third kappa shape index (κ3) is 6.14. The number of hydrogen-bond donors (Lipinski definition) is 2. The largest absolute Gasteiger partial charge is 0.480 e. The van der Waals surface area contributed by atoms with Gasteiger partial charge in [-0.3, -0.25) is 0 Å². The van der Waals surface area contributed by atoms with Gasteiger partial charge in [0.15, 0.2) is 0 Å². The van der Waals surface area contributed by atoms with Gasteiger partial charge in [-0.15, -0.1) is 0 Å². The number of halogens is 1. The van der Waals surface area contributed by atoms with E-state index in [2.05, 4.69) is 5.32 Å². The van der Waals surface area contributed by atoms with Crippen LogP contribution in [-0.2, 0) is 9.53 Å². The average molecular weight is 343 g/mol. The molecule has 0 rings (SSSR count). The molecule has 0 aliphatic carbocycles. The maximum Gasteiger partial charge on any atom is 0.408 e. The predicted octanol–water partition coefficient (Wildman–Crippen LogP) is 2.18. The Morgan fingerprint density at radius 2 is 1.69 bits per heavy atom. The Kier molecular flexibility index (Phi) is 5.03. The van der Waals surface area contributed by atoms with Crippen LogP contribution in [0.3, 0.4) is 0 Å². The van der Waals surface area contributed by atoms with E-state index in [4.69, 9.17) is 9.84 Å². The van der Waals surface area contributed by atoms with E-state index in [1.165, 1.54) is 0 Å². The van der Waals surface area contributed by atoms with Crippen molar-refractivity contribution in [1.82, 2.24) is 5.32 Å². The topological polar surface area (TPSA) is 75.6 Å². The number of aliphatic carboxylic acids is 1. The highest BCUT2D eigenvalue weighted by Gasteiger charge is 2.35. The van der Waals surface area contributed by atoms with Gasteiger partial charge >= 0.3 is 12.1 Å². The number of alkyl halides is 1. The quantitative estimate of drug-likeness (QED) is 0.608. The Morgan fingerprint density at radius 1 is 1.25 bits per heavy atom. The number of carboxylic acid groups (broad SMARTS) is 1. The molecule has 5 nitrogen and oxygen atoms in total. The molecule has 94 valence electrons. The molecule has 0 fully saturated rings. The first-order chi connectivity index (χ1) is 6.93. The van der Waals surface area contributed by atoms with E-state index in [1.807, 2.05) is 22.6 Å². The second-order valence-corrected chi connectivity index (χ2v) is 7.76. The SMILES string of the molecule is CC(C)(C)OC(=O)N[C@H](C(=O)O)C(C)(C)I. The summed E-state index contributed by atoms with van der Waals surface area (Å²) in [6.45, 7) is 8.61. The molecule has 0 unspecified atom stereocenters. The van der Waals surface area contributed by atoms with Gasteiger partial charge in [-0.25, -0.2) is 9.59 Å². The number of rotatable bonds is 3. The number of carboxylic acids is 1. The van der Waals surface area contributed by atoms with Crippen molar-refractivity contribution in [2.24, 2.45) is 0 Å². The van der Waals surface area contributed by atoms with Gasteiger partial charge in [0.25, 0.3) is 0 Å². The normalized spacial score (nSPS) is 14.1. The first kappa shape index (κ1) is 15.5. The summed E-state index contributed by atoms with van der Waals surface area (Å²) >= 11 is 1.97. The number of hydrogen-bond acceptors (Lipinski definition) is 3. The molecule has 0 aliphatic rings. The van der Waals surface area contributed by atoms with Crippen molar-refractivity contribution in [3.8, 4) is 0 Å². The zero-order chi connectivity index (χ0) is 13.1. The van der Waals surface area contributed by atoms with Crippen molar-refractivity contribution in [2.75, 3.05) is 0 Å². The fraction of sp³-hybridized carbons (Fsp3) is 0.800. The summed E-state index contributed by atoms with van der Waals surface area (Å²) in [5.74, 6) is -1.08. The lowest BCUT2D eigenvalue weighted by atomic mass is 10.1. The molecule has 0 radical (unpaired) electrons. The maximum absolute atomic E-state index is 11.4. The lowest BCUT2D eigenvalue weighted by Gasteiger charge is -2.27. The van der Waals surface area contributed by atoms with Crippen LogP contribution >= 0.6 is 22.6 Å². The number of alkyl carbamates (subject to hydrolysis) is 1. The average Bonchev–Trinajstić information content (AvgIpc) is 1.93. The second kappa shape index (κ2) is 5.20. The van der Waals surface area contributed by atoms with Gasteiger partial charge in [-0.05, 0) is 34.6 Å². The molecule has 0 bridgehead atoms. The van der Waals surface area contributed by atoms with Crippen LogP contribution in [0.4, 0.5) is 4.79 Å². The molecule has 0 heterocycles. The Morgan fingerprint density at radius 3 is 1.94 bits per heavy atom.